The van der Waals surface area contributed by atoms with Crippen molar-refractivity contribution in [2.45, 2.75) is 18.7 Å². The SMILES string of the molecule is Cc1cc(NN)cc(C)c1S(=O)(=O)NCCOC(N)=O. The van der Waals surface area contributed by atoms with Crippen LogP contribution in [0.2, 0.25) is 0 Å². The molecule has 0 heterocycles. The maximum absolute atomic E-state index is 12.2. The molecule has 8 nitrogen and oxygen atoms in total. The van der Waals surface area contributed by atoms with Crippen LogP contribution in [0.15, 0.2) is 17.0 Å². The standard InChI is InChI=1S/C11H18N4O4S/c1-7-5-9(15-13)6-8(2)10(7)20(17,18)14-3-4-19-11(12)16/h5-6,14-15H,3-4,13H2,1-2H3,(H2,12,16). The van der Waals surface area contributed by atoms with Gasteiger partial charge in [-0.15, -0.1) is 0 Å². The molecule has 9 heteroatoms. The zero-order valence-corrected chi connectivity index (χ0v) is 12.1. The molecule has 112 valence electrons. The van der Waals surface area contributed by atoms with Crippen molar-refractivity contribution < 1.29 is 17.9 Å². The maximum Gasteiger partial charge on any atom is 0.404 e. The van der Waals surface area contributed by atoms with Crippen molar-refractivity contribution in [3.8, 4) is 0 Å². The highest BCUT2D eigenvalue weighted by Gasteiger charge is 2.19. The number of anilines is 1. The first-order valence-corrected chi connectivity index (χ1v) is 7.26. The monoisotopic (exact) mass is 302 g/mol. The zero-order valence-electron chi connectivity index (χ0n) is 11.3. The summed E-state index contributed by atoms with van der Waals surface area (Å²) in [5.41, 5.74) is 8.98. The van der Waals surface area contributed by atoms with E-state index in [1.807, 2.05) is 0 Å². The van der Waals surface area contributed by atoms with Gasteiger partial charge in [-0.25, -0.2) is 17.9 Å². The second-order valence-corrected chi connectivity index (χ2v) is 5.85. The van der Waals surface area contributed by atoms with E-state index in [0.717, 1.165) is 0 Å². The van der Waals surface area contributed by atoms with E-state index >= 15 is 0 Å². The lowest BCUT2D eigenvalue weighted by Crippen LogP contribution is -2.30. The first kappa shape index (κ1) is 16.2. The topological polar surface area (TPSA) is 137 Å². The molecule has 0 bridgehead atoms. The first-order valence-electron chi connectivity index (χ1n) is 5.77. The van der Waals surface area contributed by atoms with E-state index in [1.54, 1.807) is 26.0 Å². The van der Waals surface area contributed by atoms with Gasteiger partial charge >= 0.3 is 6.09 Å². The number of nitrogens with one attached hydrogen (secondary N) is 2. The molecule has 0 atom stereocenters. The van der Waals surface area contributed by atoms with Crippen LogP contribution in [-0.4, -0.2) is 27.7 Å². The van der Waals surface area contributed by atoms with Crippen molar-refractivity contribution in [2.75, 3.05) is 18.6 Å². The Morgan fingerprint density at radius 1 is 1.30 bits per heavy atom. The average Bonchev–Trinajstić information content (AvgIpc) is 2.33. The fourth-order valence-electron chi connectivity index (χ4n) is 1.86. The van der Waals surface area contributed by atoms with Gasteiger partial charge in [-0.05, 0) is 37.1 Å². The molecule has 20 heavy (non-hydrogen) atoms. The Labute approximate surface area is 117 Å². The van der Waals surface area contributed by atoms with Crippen molar-refractivity contribution >= 4 is 21.8 Å². The molecule has 6 N–H and O–H groups in total. The molecule has 1 aromatic carbocycles. The van der Waals surface area contributed by atoms with Crippen molar-refractivity contribution in [3.05, 3.63) is 23.3 Å². The summed E-state index contributed by atoms with van der Waals surface area (Å²) in [6.07, 6.45) is -0.949. The smallest absolute Gasteiger partial charge is 0.404 e. The van der Waals surface area contributed by atoms with Gasteiger partial charge < -0.3 is 15.9 Å². The van der Waals surface area contributed by atoms with E-state index < -0.39 is 16.1 Å². The number of carbonyl (C=O) groups excluding carboxylic acids is 1. The summed E-state index contributed by atoms with van der Waals surface area (Å²) in [6, 6.07) is 3.25. The molecular weight excluding hydrogens is 284 g/mol. The summed E-state index contributed by atoms with van der Waals surface area (Å²) in [7, 11) is -3.70. The number of nitrogen functional groups attached to an aromatic ring is 1. The molecular formula is C11H18N4O4S. The van der Waals surface area contributed by atoms with Crippen LogP contribution in [0.1, 0.15) is 11.1 Å². The lowest BCUT2D eigenvalue weighted by Gasteiger charge is -2.13. The highest BCUT2D eigenvalue weighted by atomic mass is 32.2. The number of hydrazine groups is 1. The summed E-state index contributed by atoms with van der Waals surface area (Å²) in [5, 5.41) is 0. The van der Waals surface area contributed by atoms with Crippen molar-refractivity contribution in [3.63, 3.8) is 0 Å². The molecule has 0 saturated carbocycles. The van der Waals surface area contributed by atoms with Crippen LogP contribution in [0.5, 0.6) is 0 Å². The number of benzene rings is 1. The number of amides is 1. The lowest BCUT2D eigenvalue weighted by molar-refractivity contribution is 0.159. The average molecular weight is 302 g/mol. The normalized spacial score (nSPS) is 11.2. The molecule has 1 amide bonds. The molecule has 0 fully saturated rings. The predicted octanol–water partition coefficient (Wildman–Crippen LogP) is -0.0374. The minimum atomic E-state index is -3.70. The summed E-state index contributed by atoms with van der Waals surface area (Å²) in [5.74, 6) is 5.30. The van der Waals surface area contributed by atoms with Crippen molar-refractivity contribution in [2.24, 2.45) is 11.6 Å². The summed E-state index contributed by atoms with van der Waals surface area (Å²) in [4.78, 5) is 10.6. The molecule has 0 unspecified atom stereocenters. The maximum atomic E-state index is 12.2. The Bertz CT molecular complexity index is 577. The van der Waals surface area contributed by atoms with Gasteiger partial charge in [0.15, 0.2) is 0 Å². The molecule has 0 saturated heterocycles. The fourth-order valence-corrected chi connectivity index (χ4v) is 3.32. The van der Waals surface area contributed by atoms with Crippen LogP contribution in [0.3, 0.4) is 0 Å². The van der Waals surface area contributed by atoms with Crippen molar-refractivity contribution in [1.29, 1.82) is 0 Å². The molecule has 0 aliphatic heterocycles. The first-order chi connectivity index (χ1) is 9.27. The van der Waals surface area contributed by atoms with Crippen LogP contribution < -0.4 is 21.7 Å². The quantitative estimate of drug-likeness (QED) is 0.331. The van der Waals surface area contributed by atoms with Crippen LogP contribution in [0, 0.1) is 13.8 Å². The summed E-state index contributed by atoms with van der Waals surface area (Å²) in [6.45, 7) is 3.15. The number of hydrogen-bond acceptors (Lipinski definition) is 6. The molecule has 0 aromatic heterocycles. The van der Waals surface area contributed by atoms with E-state index in [2.05, 4.69) is 14.9 Å². The number of primary amides is 1. The summed E-state index contributed by atoms with van der Waals surface area (Å²) < 4.78 is 31.2. The number of carbonyl (C=O) groups is 1. The van der Waals surface area contributed by atoms with Gasteiger partial charge in [0, 0.05) is 12.2 Å². The molecule has 0 radical (unpaired) electrons. The van der Waals surface area contributed by atoms with Crippen LogP contribution in [-0.2, 0) is 14.8 Å². The molecule has 0 spiro atoms. The minimum absolute atomic E-state index is 0.0545. The van der Waals surface area contributed by atoms with Gasteiger partial charge in [0.05, 0.1) is 4.90 Å². The Kier molecular flexibility index (Phi) is 5.31. The third kappa shape index (κ3) is 4.08. The van der Waals surface area contributed by atoms with Crippen LogP contribution in [0.4, 0.5) is 10.5 Å². The Morgan fingerprint density at radius 3 is 2.30 bits per heavy atom. The summed E-state index contributed by atoms with van der Waals surface area (Å²) >= 11 is 0. The van der Waals surface area contributed by atoms with E-state index in [4.69, 9.17) is 11.6 Å². The number of aryl methyl sites for hydroxylation is 2. The number of nitrogens with two attached hydrogens (primary N) is 2. The third-order valence-corrected chi connectivity index (χ3v) is 4.30. The third-order valence-electron chi connectivity index (χ3n) is 2.53. The van der Waals surface area contributed by atoms with Gasteiger partial charge in [0.25, 0.3) is 0 Å². The predicted molar refractivity (Wildman–Crippen MR) is 74.5 cm³/mol. The van der Waals surface area contributed by atoms with Gasteiger partial charge in [-0.2, -0.15) is 0 Å². The molecule has 1 rings (SSSR count). The number of hydrogen-bond donors (Lipinski definition) is 4. The second kappa shape index (κ2) is 6.55. The minimum Gasteiger partial charge on any atom is -0.448 e. The molecule has 0 aliphatic carbocycles. The number of sulfonamides is 1. The Hall–Kier alpha value is -1.84. The highest BCUT2D eigenvalue weighted by molar-refractivity contribution is 7.89. The Balaban J connectivity index is 2.90. The van der Waals surface area contributed by atoms with Crippen LogP contribution in [0.25, 0.3) is 0 Å². The van der Waals surface area contributed by atoms with Gasteiger partial charge in [-0.1, -0.05) is 0 Å². The van der Waals surface area contributed by atoms with E-state index in [0.29, 0.717) is 16.8 Å². The van der Waals surface area contributed by atoms with Gasteiger partial charge in [0.1, 0.15) is 6.61 Å². The number of rotatable bonds is 6. The highest BCUT2D eigenvalue weighted by Crippen LogP contribution is 2.23. The van der Waals surface area contributed by atoms with E-state index in [9.17, 15) is 13.2 Å². The van der Waals surface area contributed by atoms with E-state index in [1.165, 1.54) is 0 Å². The fraction of sp³-hybridized carbons (Fsp3) is 0.364. The molecule has 1 aromatic rings. The van der Waals surface area contributed by atoms with Gasteiger partial charge in [-0.3, -0.25) is 5.84 Å². The van der Waals surface area contributed by atoms with Gasteiger partial charge in [0.2, 0.25) is 10.0 Å². The van der Waals surface area contributed by atoms with Crippen LogP contribution >= 0.6 is 0 Å². The Morgan fingerprint density at radius 2 is 1.85 bits per heavy atom. The second-order valence-electron chi connectivity index (χ2n) is 4.15. The lowest BCUT2D eigenvalue weighted by atomic mass is 10.1. The molecule has 0 aliphatic rings. The zero-order chi connectivity index (χ0) is 15.3. The van der Waals surface area contributed by atoms with E-state index in [-0.39, 0.29) is 18.0 Å². The largest absolute Gasteiger partial charge is 0.448 e. The van der Waals surface area contributed by atoms with Crippen molar-refractivity contribution in [1.82, 2.24) is 4.72 Å². The number of ether oxygens (including phenoxy) is 1.